The third kappa shape index (κ3) is 5.83. The molecule has 9 nitrogen and oxygen atoms in total. The van der Waals surface area contributed by atoms with Crippen LogP contribution in [0.25, 0.3) is 16.7 Å². The van der Waals surface area contributed by atoms with Gasteiger partial charge in [-0.3, -0.25) is 14.4 Å². The van der Waals surface area contributed by atoms with Gasteiger partial charge in [0.05, 0.1) is 35.9 Å². The zero-order valence-corrected chi connectivity index (χ0v) is 22.7. The highest BCUT2D eigenvalue weighted by Gasteiger charge is 2.22. The summed E-state index contributed by atoms with van der Waals surface area (Å²) in [5.41, 5.74) is 7.09. The molecule has 3 aromatic carbocycles. The van der Waals surface area contributed by atoms with Crippen LogP contribution in [-0.4, -0.2) is 50.0 Å². The molecule has 2 N–H and O–H groups in total. The number of aliphatic imine (C=N–C) groups is 1. The molecule has 0 saturated carbocycles. The number of nitrogens with one attached hydrogen (secondary N) is 2. The molecule has 1 aliphatic heterocycles. The molecule has 2 aromatic heterocycles. The lowest BCUT2D eigenvalue weighted by molar-refractivity contribution is -0.118. The predicted molar refractivity (Wildman–Crippen MR) is 152 cm³/mol. The van der Waals surface area contributed by atoms with E-state index in [0.717, 1.165) is 57.4 Å². The van der Waals surface area contributed by atoms with Crippen molar-refractivity contribution in [1.29, 1.82) is 0 Å². The number of carbonyl (C=O) groups excluding carboxylic acids is 1. The van der Waals surface area contributed by atoms with Gasteiger partial charge >= 0.3 is 0 Å². The molecule has 1 amide bonds. The Morgan fingerprint density at radius 2 is 1.92 bits per heavy atom. The lowest BCUT2D eigenvalue weighted by atomic mass is 10.00. The van der Waals surface area contributed by atoms with E-state index in [1.54, 1.807) is 13.4 Å². The van der Waals surface area contributed by atoms with Crippen LogP contribution in [0.2, 0.25) is 5.02 Å². The third-order valence-electron chi connectivity index (χ3n) is 6.36. The minimum absolute atomic E-state index is 0.0117. The number of amides is 1. The van der Waals surface area contributed by atoms with E-state index in [-0.39, 0.29) is 5.91 Å². The predicted octanol–water partition coefficient (Wildman–Crippen LogP) is 4.83. The molecular weight excluding hydrogens is 514 g/mol. The van der Waals surface area contributed by atoms with E-state index in [0.29, 0.717) is 18.1 Å². The van der Waals surface area contributed by atoms with Crippen molar-refractivity contribution in [2.75, 3.05) is 13.7 Å². The average Bonchev–Trinajstić information content (AvgIpc) is 3.51. The molecule has 39 heavy (non-hydrogen) atoms. The van der Waals surface area contributed by atoms with Crippen LogP contribution < -0.4 is 10.1 Å². The summed E-state index contributed by atoms with van der Waals surface area (Å²) in [5.74, 6) is 2.45. The number of aromatic nitrogens is 5. The molecule has 0 spiro atoms. The maximum absolute atomic E-state index is 10.7. The van der Waals surface area contributed by atoms with Gasteiger partial charge in [-0.1, -0.05) is 29.8 Å². The van der Waals surface area contributed by atoms with Gasteiger partial charge in [-0.25, -0.2) is 4.98 Å². The van der Waals surface area contributed by atoms with Crippen LogP contribution in [-0.2, 0) is 17.8 Å². The highest BCUT2D eigenvalue weighted by molar-refractivity contribution is 6.30. The molecular formula is C29H28ClN7O2. The Kier molecular flexibility index (Phi) is 7.69. The number of imidazole rings is 1. The summed E-state index contributed by atoms with van der Waals surface area (Å²) < 4.78 is 7.45. The molecule has 0 aliphatic carbocycles. The normalized spacial score (nSPS) is 11.9. The first-order valence-corrected chi connectivity index (χ1v) is 12.9. The average molecular weight is 542 g/mol. The van der Waals surface area contributed by atoms with Gasteiger partial charge in [-0.15, -0.1) is 10.2 Å². The fourth-order valence-electron chi connectivity index (χ4n) is 4.46. The van der Waals surface area contributed by atoms with Crippen molar-refractivity contribution in [2.45, 2.75) is 26.8 Å². The summed E-state index contributed by atoms with van der Waals surface area (Å²) in [6.45, 7) is 4.61. The van der Waals surface area contributed by atoms with E-state index >= 15 is 0 Å². The second-order valence-corrected chi connectivity index (χ2v) is 9.48. The SMILES string of the molecule is CC(=O)NCCc1ccc2nc[nH]c2c1.COc1ccc2c(c1)C(c1ccc(Cl)cc1)=NCc1nnc(C)n1-2. The Morgan fingerprint density at radius 1 is 1.10 bits per heavy atom. The molecule has 0 atom stereocenters. The number of carbonyl (C=O) groups is 1. The summed E-state index contributed by atoms with van der Waals surface area (Å²) in [6, 6.07) is 19.7. The summed E-state index contributed by atoms with van der Waals surface area (Å²) in [4.78, 5) is 22.7. The maximum Gasteiger partial charge on any atom is 0.216 e. The molecule has 0 unspecified atom stereocenters. The lowest BCUT2D eigenvalue weighted by Crippen LogP contribution is -2.22. The Bertz CT molecular complexity index is 1650. The second kappa shape index (κ2) is 11.5. The minimum atomic E-state index is 0.0117. The fraction of sp³-hybridized carbons (Fsp3) is 0.207. The zero-order chi connectivity index (χ0) is 27.4. The molecule has 3 heterocycles. The van der Waals surface area contributed by atoms with Crippen LogP contribution in [0.4, 0.5) is 0 Å². The van der Waals surface area contributed by atoms with Crippen molar-refractivity contribution in [3.8, 4) is 11.4 Å². The molecule has 1 aliphatic rings. The molecule has 6 rings (SSSR count). The number of H-pyrrole nitrogens is 1. The smallest absolute Gasteiger partial charge is 0.216 e. The van der Waals surface area contributed by atoms with E-state index in [2.05, 4.69) is 31.5 Å². The topological polar surface area (TPSA) is 110 Å². The second-order valence-electron chi connectivity index (χ2n) is 9.04. The van der Waals surface area contributed by atoms with E-state index in [9.17, 15) is 4.79 Å². The van der Waals surface area contributed by atoms with Crippen LogP contribution >= 0.6 is 11.6 Å². The van der Waals surface area contributed by atoms with Crippen molar-refractivity contribution in [3.63, 3.8) is 0 Å². The number of methoxy groups -OCH3 is 1. The largest absolute Gasteiger partial charge is 0.497 e. The summed E-state index contributed by atoms with van der Waals surface area (Å²) >= 11 is 6.02. The van der Waals surface area contributed by atoms with Gasteiger partial charge in [0.25, 0.3) is 0 Å². The van der Waals surface area contributed by atoms with Crippen LogP contribution in [0.5, 0.6) is 5.75 Å². The van der Waals surface area contributed by atoms with Crippen LogP contribution in [0.1, 0.15) is 35.3 Å². The fourth-order valence-corrected chi connectivity index (χ4v) is 4.59. The highest BCUT2D eigenvalue weighted by atomic mass is 35.5. The van der Waals surface area contributed by atoms with E-state index in [1.165, 1.54) is 12.5 Å². The molecule has 5 aromatic rings. The van der Waals surface area contributed by atoms with Crippen molar-refractivity contribution >= 4 is 34.3 Å². The van der Waals surface area contributed by atoms with Gasteiger partial charge in [0, 0.05) is 29.6 Å². The van der Waals surface area contributed by atoms with Gasteiger partial charge in [-0.2, -0.15) is 0 Å². The number of aryl methyl sites for hydroxylation is 1. The minimum Gasteiger partial charge on any atom is -0.497 e. The third-order valence-corrected chi connectivity index (χ3v) is 6.61. The molecule has 0 fully saturated rings. The Hall–Kier alpha value is -4.50. The van der Waals surface area contributed by atoms with Crippen molar-refractivity contribution in [1.82, 2.24) is 30.0 Å². The number of rotatable bonds is 5. The van der Waals surface area contributed by atoms with Crippen LogP contribution in [0, 0.1) is 6.92 Å². The van der Waals surface area contributed by atoms with E-state index < -0.39 is 0 Å². The van der Waals surface area contributed by atoms with Gasteiger partial charge in [0.2, 0.25) is 5.91 Å². The van der Waals surface area contributed by atoms with Crippen molar-refractivity contribution in [3.05, 3.63) is 100 Å². The summed E-state index contributed by atoms with van der Waals surface area (Å²) in [7, 11) is 1.66. The van der Waals surface area contributed by atoms with Crippen LogP contribution in [0.3, 0.4) is 0 Å². The Balaban J connectivity index is 0.000000177. The molecule has 0 radical (unpaired) electrons. The Morgan fingerprint density at radius 3 is 2.69 bits per heavy atom. The van der Waals surface area contributed by atoms with Gasteiger partial charge < -0.3 is 15.0 Å². The molecule has 0 saturated heterocycles. The highest BCUT2D eigenvalue weighted by Crippen LogP contribution is 2.29. The van der Waals surface area contributed by atoms with E-state index in [1.807, 2.05) is 66.1 Å². The number of nitrogens with zero attached hydrogens (tertiary/aromatic N) is 5. The number of benzene rings is 3. The van der Waals surface area contributed by atoms with Gasteiger partial charge in [-0.05, 0) is 61.4 Å². The molecule has 10 heteroatoms. The number of ether oxygens (including phenoxy) is 1. The monoisotopic (exact) mass is 541 g/mol. The number of aromatic amines is 1. The number of hydrogen-bond acceptors (Lipinski definition) is 6. The number of hydrogen-bond donors (Lipinski definition) is 2. The first kappa shape index (κ1) is 26.1. The van der Waals surface area contributed by atoms with Crippen molar-refractivity contribution in [2.24, 2.45) is 4.99 Å². The molecule has 198 valence electrons. The summed E-state index contributed by atoms with van der Waals surface area (Å²) in [5, 5.41) is 11.9. The standard InChI is InChI=1S/C18H15ClN4O.C11H13N3O/c1-11-21-22-17-10-20-18(12-3-5-13(19)6-4-12)15-9-14(24-2)7-8-16(15)23(11)17;1-8(15)12-5-4-9-2-3-10-11(6-9)14-7-13-10/h3-9H,10H2,1-2H3;2-3,6-7H,4-5H2,1H3,(H,12,15)(H,13,14). The van der Waals surface area contributed by atoms with Gasteiger partial charge in [0.15, 0.2) is 5.82 Å². The van der Waals surface area contributed by atoms with Gasteiger partial charge in [0.1, 0.15) is 18.1 Å². The number of fused-ring (bicyclic) bond motifs is 4. The molecule has 0 bridgehead atoms. The summed E-state index contributed by atoms with van der Waals surface area (Å²) in [6.07, 6.45) is 2.52. The zero-order valence-electron chi connectivity index (χ0n) is 21.9. The first-order chi connectivity index (χ1) is 18.9. The van der Waals surface area contributed by atoms with Crippen LogP contribution in [0.15, 0.2) is 72.0 Å². The first-order valence-electron chi connectivity index (χ1n) is 12.5. The maximum atomic E-state index is 10.7. The number of halogens is 1. The quantitative estimate of drug-likeness (QED) is 0.331. The Labute approximate surface area is 230 Å². The van der Waals surface area contributed by atoms with Crippen molar-refractivity contribution < 1.29 is 9.53 Å². The lowest BCUT2D eigenvalue weighted by Gasteiger charge is -2.14. The van der Waals surface area contributed by atoms with E-state index in [4.69, 9.17) is 21.3 Å².